The number of rotatable bonds is 4. The van der Waals surface area contributed by atoms with Crippen LogP contribution in [0, 0.1) is 5.92 Å². The van der Waals surface area contributed by atoms with E-state index in [9.17, 15) is 19.2 Å². The zero-order valence-electron chi connectivity index (χ0n) is 26.2. The van der Waals surface area contributed by atoms with Crippen LogP contribution in [0.4, 0.5) is 0 Å². The number of esters is 4. The Morgan fingerprint density at radius 1 is 0.727 bits per heavy atom. The number of cyclic esters (lactones) is 4. The number of carbonyl (C=O) groups excluding carboxylic acids is 4. The molecular weight excluding hydrogens is 568 g/mol. The number of hydrogen-bond donors (Lipinski definition) is 0. The second-order valence-electron chi connectivity index (χ2n) is 12.3. The van der Waals surface area contributed by atoms with Crippen molar-refractivity contribution >= 4 is 29.5 Å². The normalized spacial score (nSPS) is 23.3. The molecule has 2 fully saturated rings. The Labute approximate surface area is 256 Å². The summed E-state index contributed by atoms with van der Waals surface area (Å²) in [6, 6.07) is 11.5. The number of methoxy groups -OCH3 is 2. The standard InChI is InChI=1S/C18H22O5.C16H16O5/c1-5-18(14-15(19)22-17(2,3)23-16(14)20)9-8-11-6-7-12(21-4)10-13(11)18;1-16(2)20-14(17)13(15(18)21-16)11-7-5-9-4-6-10(19-3)8-12(9)11/h6-7,10,14H,5,8-9H2,1-4H3;4,6,8H,5,7H2,1-3H3. The number of hydrogen-bond acceptors (Lipinski definition) is 10. The smallest absolute Gasteiger partial charge is 0.349 e. The van der Waals surface area contributed by atoms with Crippen molar-refractivity contribution in [3.8, 4) is 11.5 Å². The summed E-state index contributed by atoms with van der Waals surface area (Å²) in [6.07, 6.45) is 3.60. The van der Waals surface area contributed by atoms with Gasteiger partial charge in [-0.3, -0.25) is 9.59 Å². The molecule has 0 spiro atoms. The van der Waals surface area contributed by atoms with Gasteiger partial charge in [0.05, 0.1) is 14.2 Å². The van der Waals surface area contributed by atoms with E-state index in [2.05, 4.69) is 0 Å². The molecule has 0 bridgehead atoms. The van der Waals surface area contributed by atoms with E-state index in [0.717, 1.165) is 47.3 Å². The Morgan fingerprint density at radius 3 is 1.84 bits per heavy atom. The van der Waals surface area contributed by atoms with Crippen molar-refractivity contribution in [2.75, 3.05) is 14.2 Å². The molecule has 0 radical (unpaired) electrons. The number of allylic oxidation sites excluding steroid dienone is 1. The zero-order valence-corrected chi connectivity index (χ0v) is 26.2. The number of benzene rings is 2. The van der Waals surface area contributed by atoms with Crippen molar-refractivity contribution in [3.05, 3.63) is 64.2 Å². The number of carbonyl (C=O) groups is 4. The molecule has 10 heteroatoms. The molecule has 4 aliphatic rings. The molecule has 10 nitrogen and oxygen atoms in total. The number of aryl methyl sites for hydroxylation is 2. The van der Waals surface area contributed by atoms with Gasteiger partial charge in [-0.2, -0.15) is 0 Å². The number of fused-ring (bicyclic) bond motifs is 2. The maximum Gasteiger partial charge on any atom is 0.349 e. The van der Waals surface area contributed by atoms with Crippen molar-refractivity contribution < 1.29 is 47.6 Å². The van der Waals surface area contributed by atoms with Crippen LogP contribution in [0.15, 0.2) is 42.0 Å². The fraction of sp³-hybridized carbons (Fsp3) is 0.471. The molecule has 0 saturated carbocycles. The third kappa shape index (κ3) is 5.53. The molecule has 0 amide bonds. The fourth-order valence-corrected chi connectivity index (χ4v) is 6.63. The highest BCUT2D eigenvalue weighted by atomic mass is 16.8. The molecule has 2 aliphatic carbocycles. The van der Waals surface area contributed by atoms with Crippen LogP contribution in [0.25, 0.3) is 5.57 Å². The van der Waals surface area contributed by atoms with Gasteiger partial charge in [0.25, 0.3) is 11.6 Å². The van der Waals surface area contributed by atoms with Gasteiger partial charge < -0.3 is 28.4 Å². The van der Waals surface area contributed by atoms with Gasteiger partial charge in [-0.05, 0) is 84.2 Å². The second kappa shape index (κ2) is 11.3. The summed E-state index contributed by atoms with van der Waals surface area (Å²) in [7, 11) is 3.19. The summed E-state index contributed by atoms with van der Waals surface area (Å²) < 4.78 is 31.6. The highest BCUT2D eigenvalue weighted by Crippen LogP contribution is 2.50. The van der Waals surface area contributed by atoms with E-state index < -0.39 is 46.8 Å². The first-order chi connectivity index (χ1) is 20.7. The van der Waals surface area contributed by atoms with Crippen LogP contribution >= 0.6 is 0 Å². The van der Waals surface area contributed by atoms with E-state index in [1.54, 1.807) is 28.1 Å². The van der Waals surface area contributed by atoms with Crippen molar-refractivity contribution in [2.24, 2.45) is 5.92 Å². The molecule has 0 aromatic heterocycles. The summed E-state index contributed by atoms with van der Waals surface area (Å²) in [5, 5.41) is 0. The van der Waals surface area contributed by atoms with E-state index >= 15 is 0 Å². The fourth-order valence-electron chi connectivity index (χ4n) is 6.63. The summed E-state index contributed by atoms with van der Waals surface area (Å²) in [5.41, 5.74) is 4.18. The van der Waals surface area contributed by atoms with E-state index in [1.807, 2.05) is 43.3 Å². The third-order valence-corrected chi connectivity index (χ3v) is 8.72. The molecule has 2 heterocycles. The SMILES string of the molecule is CCC1(C2C(=O)OC(C)(C)OC2=O)CCc2ccc(OC)cc21.COc1ccc2c(c1)C(=C1C(=O)OC(C)(C)OC1=O)CC2. The Kier molecular flexibility index (Phi) is 7.99. The third-order valence-electron chi connectivity index (χ3n) is 8.72. The van der Waals surface area contributed by atoms with Crippen LogP contribution in [-0.4, -0.2) is 49.7 Å². The van der Waals surface area contributed by atoms with Crippen LogP contribution < -0.4 is 9.47 Å². The Balaban J connectivity index is 0.000000175. The Bertz CT molecular complexity index is 1520. The van der Waals surface area contributed by atoms with Crippen LogP contribution in [0.5, 0.6) is 11.5 Å². The molecule has 2 aliphatic heterocycles. The van der Waals surface area contributed by atoms with E-state index in [4.69, 9.17) is 28.4 Å². The predicted octanol–water partition coefficient (Wildman–Crippen LogP) is 4.97. The molecular formula is C34H38O10. The molecule has 1 unspecified atom stereocenters. The summed E-state index contributed by atoms with van der Waals surface area (Å²) >= 11 is 0. The van der Waals surface area contributed by atoms with Gasteiger partial charge in [-0.15, -0.1) is 0 Å². The quantitative estimate of drug-likeness (QED) is 0.204. The van der Waals surface area contributed by atoms with Crippen LogP contribution in [0.1, 0.15) is 76.1 Å². The Morgan fingerprint density at radius 2 is 1.27 bits per heavy atom. The molecule has 1 atom stereocenters. The molecule has 2 aromatic carbocycles. The zero-order chi connectivity index (χ0) is 32.0. The van der Waals surface area contributed by atoms with E-state index in [0.29, 0.717) is 24.2 Å². The highest BCUT2D eigenvalue weighted by Gasteiger charge is 2.56. The van der Waals surface area contributed by atoms with Gasteiger partial charge in [0, 0.05) is 33.1 Å². The largest absolute Gasteiger partial charge is 0.497 e. The van der Waals surface area contributed by atoms with Crippen LogP contribution in [-0.2, 0) is 56.4 Å². The van der Waals surface area contributed by atoms with E-state index in [1.165, 1.54) is 13.8 Å². The van der Waals surface area contributed by atoms with Gasteiger partial charge in [0.2, 0.25) is 0 Å². The minimum Gasteiger partial charge on any atom is -0.497 e. The minimum atomic E-state index is -1.21. The molecule has 44 heavy (non-hydrogen) atoms. The lowest BCUT2D eigenvalue weighted by molar-refractivity contribution is -0.244. The van der Waals surface area contributed by atoms with Crippen molar-refractivity contribution in [1.29, 1.82) is 0 Å². The molecule has 2 saturated heterocycles. The van der Waals surface area contributed by atoms with Gasteiger partial charge in [0.1, 0.15) is 17.1 Å². The highest BCUT2D eigenvalue weighted by molar-refractivity contribution is 6.21. The predicted molar refractivity (Wildman–Crippen MR) is 158 cm³/mol. The minimum absolute atomic E-state index is 0.00123. The maximum absolute atomic E-state index is 12.6. The molecule has 234 valence electrons. The number of ether oxygens (including phenoxy) is 6. The van der Waals surface area contributed by atoms with Gasteiger partial charge in [-0.25, -0.2) is 9.59 Å². The van der Waals surface area contributed by atoms with Gasteiger partial charge in [-0.1, -0.05) is 19.1 Å². The van der Waals surface area contributed by atoms with E-state index in [-0.39, 0.29) is 5.57 Å². The van der Waals surface area contributed by atoms with Crippen molar-refractivity contribution in [1.82, 2.24) is 0 Å². The van der Waals surface area contributed by atoms with Crippen LogP contribution in [0.3, 0.4) is 0 Å². The summed E-state index contributed by atoms with van der Waals surface area (Å²) in [4.78, 5) is 49.5. The Hall–Kier alpha value is -4.34. The molecule has 0 N–H and O–H groups in total. The summed E-state index contributed by atoms with van der Waals surface area (Å²) in [5.74, 6) is -4.16. The maximum atomic E-state index is 12.6. The van der Waals surface area contributed by atoms with Gasteiger partial charge >= 0.3 is 23.9 Å². The van der Waals surface area contributed by atoms with Crippen molar-refractivity contribution in [3.63, 3.8) is 0 Å². The average molecular weight is 607 g/mol. The van der Waals surface area contributed by atoms with Crippen molar-refractivity contribution in [2.45, 2.75) is 83.7 Å². The second-order valence-corrected chi connectivity index (χ2v) is 12.3. The lowest BCUT2D eigenvalue weighted by Crippen LogP contribution is -2.53. The van der Waals surface area contributed by atoms with Gasteiger partial charge in [0.15, 0.2) is 5.92 Å². The van der Waals surface area contributed by atoms with Crippen LogP contribution in [0.2, 0.25) is 0 Å². The first-order valence-corrected chi connectivity index (χ1v) is 14.7. The topological polar surface area (TPSA) is 124 Å². The first kappa shape index (κ1) is 31.1. The lowest BCUT2D eigenvalue weighted by Gasteiger charge is -2.41. The lowest BCUT2D eigenvalue weighted by atomic mass is 9.68. The summed E-state index contributed by atoms with van der Waals surface area (Å²) in [6.45, 7) is 8.22. The molecule has 6 rings (SSSR count). The average Bonchev–Trinajstić information content (AvgIpc) is 3.52. The monoisotopic (exact) mass is 606 g/mol. The first-order valence-electron chi connectivity index (χ1n) is 14.7. The molecule has 2 aromatic rings.